The van der Waals surface area contributed by atoms with Crippen LogP contribution in [0.1, 0.15) is 37.8 Å². The minimum atomic E-state index is 0.258. The van der Waals surface area contributed by atoms with Gasteiger partial charge in [0.25, 0.3) is 0 Å². The molecule has 0 bridgehead atoms. The molecule has 0 radical (unpaired) electrons. The Labute approximate surface area is 116 Å². The van der Waals surface area contributed by atoms with Crippen molar-refractivity contribution in [2.24, 2.45) is 5.73 Å². The molecule has 0 aliphatic rings. The maximum absolute atomic E-state index is 5.82. The molecule has 0 heterocycles. The Hall–Kier alpha value is -1.50. The molecule has 104 valence electrons. The number of hydrogen-bond acceptors (Lipinski definition) is 3. The average molecular weight is 261 g/mol. The lowest BCUT2D eigenvalue weighted by molar-refractivity contribution is 0.0461. The Kier molecular flexibility index (Phi) is 7.02. The standard InChI is InChI=1S/C16H23NO2/c1-4-6-13(2)19-12-15-11-14(7-5-10-17)8-9-16(15)18-3/h8-9,11,13H,4,6,10,12,17H2,1-3H3. The SMILES string of the molecule is CCCC(C)OCc1cc(C#CCN)ccc1OC. The highest BCUT2D eigenvalue weighted by Crippen LogP contribution is 2.21. The molecule has 3 heteroatoms. The van der Waals surface area contributed by atoms with Gasteiger partial charge in [0.15, 0.2) is 0 Å². The highest BCUT2D eigenvalue weighted by molar-refractivity contribution is 5.44. The normalized spacial score (nSPS) is 11.6. The Bertz CT molecular complexity index is 446. The summed E-state index contributed by atoms with van der Waals surface area (Å²) in [6, 6.07) is 5.85. The van der Waals surface area contributed by atoms with Crippen molar-refractivity contribution in [3.8, 4) is 17.6 Å². The van der Waals surface area contributed by atoms with Crippen molar-refractivity contribution in [3.63, 3.8) is 0 Å². The molecule has 19 heavy (non-hydrogen) atoms. The van der Waals surface area contributed by atoms with E-state index in [-0.39, 0.29) is 6.10 Å². The van der Waals surface area contributed by atoms with E-state index in [9.17, 15) is 0 Å². The van der Waals surface area contributed by atoms with E-state index in [0.717, 1.165) is 29.7 Å². The molecular weight excluding hydrogens is 238 g/mol. The number of hydrogen-bond donors (Lipinski definition) is 1. The van der Waals surface area contributed by atoms with E-state index in [1.54, 1.807) is 7.11 Å². The fourth-order valence-corrected chi connectivity index (χ4v) is 1.84. The van der Waals surface area contributed by atoms with E-state index in [2.05, 4.69) is 25.7 Å². The minimum Gasteiger partial charge on any atom is -0.496 e. The molecule has 3 nitrogen and oxygen atoms in total. The molecule has 1 aromatic carbocycles. The molecule has 1 unspecified atom stereocenters. The van der Waals surface area contributed by atoms with Gasteiger partial charge < -0.3 is 15.2 Å². The summed E-state index contributed by atoms with van der Waals surface area (Å²) in [6.07, 6.45) is 2.45. The Morgan fingerprint density at radius 2 is 2.16 bits per heavy atom. The summed E-state index contributed by atoms with van der Waals surface area (Å²) < 4.78 is 11.2. The molecule has 1 aromatic rings. The van der Waals surface area contributed by atoms with Crippen molar-refractivity contribution in [3.05, 3.63) is 29.3 Å². The second-order valence-electron chi connectivity index (χ2n) is 4.44. The summed E-state index contributed by atoms with van der Waals surface area (Å²) >= 11 is 0. The summed E-state index contributed by atoms with van der Waals surface area (Å²) in [4.78, 5) is 0. The Morgan fingerprint density at radius 1 is 1.37 bits per heavy atom. The molecule has 1 rings (SSSR count). The first-order chi connectivity index (χ1) is 9.21. The second kappa shape index (κ2) is 8.58. The molecule has 0 fully saturated rings. The summed E-state index contributed by atoms with van der Waals surface area (Å²) in [7, 11) is 1.67. The van der Waals surface area contributed by atoms with Gasteiger partial charge in [-0.3, -0.25) is 0 Å². The first kappa shape index (κ1) is 15.6. The number of nitrogens with two attached hydrogens (primary N) is 1. The van der Waals surface area contributed by atoms with Gasteiger partial charge in [0, 0.05) is 11.1 Å². The first-order valence-electron chi connectivity index (χ1n) is 6.68. The van der Waals surface area contributed by atoms with Crippen LogP contribution < -0.4 is 10.5 Å². The van der Waals surface area contributed by atoms with Crippen LogP contribution in [0.4, 0.5) is 0 Å². The maximum Gasteiger partial charge on any atom is 0.124 e. The van der Waals surface area contributed by atoms with Crippen molar-refractivity contribution in [1.29, 1.82) is 0 Å². The third-order valence-corrected chi connectivity index (χ3v) is 2.83. The highest BCUT2D eigenvalue weighted by atomic mass is 16.5. The lowest BCUT2D eigenvalue weighted by atomic mass is 10.1. The van der Waals surface area contributed by atoms with Gasteiger partial charge in [-0.05, 0) is 31.5 Å². The van der Waals surface area contributed by atoms with E-state index < -0.39 is 0 Å². The van der Waals surface area contributed by atoms with E-state index >= 15 is 0 Å². The minimum absolute atomic E-state index is 0.258. The van der Waals surface area contributed by atoms with Gasteiger partial charge in [0.2, 0.25) is 0 Å². The van der Waals surface area contributed by atoms with Crippen LogP contribution in [0.15, 0.2) is 18.2 Å². The predicted octanol–water partition coefficient (Wildman–Crippen LogP) is 2.71. The third kappa shape index (κ3) is 5.34. The third-order valence-electron chi connectivity index (χ3n) is 2.83. The highest BCUT2D eigenvalue weighted by Gasteiger charge is 2.07. The predicted molar refractivity (Wildman–Crippen MR) is 78.1 cm³/mol. The molecule has 0 aliphatic carbocycles. The van der Waals surface area contributed by atoms with Crippen LogP contribution >= 0.6 is 0 Å². The van der Waals surface area contributed by atoms with E-state index in [1.807, 2.05) is 18.2 Å². The molecule has 0 aromatic heterocycles. The van der Waals surface area contributed by atoms with Gasteiger partial charge in [0.1, 0.15) is 5.75 Å². The molecule has 0 saturated heterocycles. The van der Waals surface area contributed by atoms with Gasteiger partial charge in [-0.1, -0.05) is 25.2 Å². The van der Waals surface area contributed by atoms with Crippen molar-refractivity contribution >= 4 is 0 Å². The number of rotatable bonds is 6. The molecule has 2 N–H and O–H groups in total. The largest absolute Gasteiger partial charge is 0.496 e. The van der Waals surface area contributed by atoms with E-state index in [1.165, 1.54) is 0 Å². The van der Waals surface area contributed by atoms with Crippen LogP contribution in [0.5, 0.6) is 5.75 Å². The van der Waals surface area contributed by atoms with Crippen LogP contribution in [-0.2, 0) is 11.3 Å². The smallest absolute Gasteiger partial charge is 0.124 e. The topological polar surface area (TPSA) is 44.5 Å². The van der Waals surface area contributed by atoms with Gasteiger partial charge in [0.05, 0.1) is 26.4 Å². The van der Waals surface area contributed by atoms with E-state index in [0.29, 0.717) is 13.2 Å². The fourth-order valence-electron chi connectivity index (χ4n) is 1.84. The fraction of sp³-hybridized carbons (Fsp3) is 0.500. The molecule has 0 spiro atoms. The summed E-state index contributed by atoms with van der Waals surface area (Å²) in [5.74, 6) is 6.71. The van der Waals surface area contributed by atoms with Crippen molar-refractivity contribution in [1.82, 2.24) is 0 Å². The van der Waals surface area contributed by atoms with Crippen molar-refractivity contribution in [2.75, 3.05) is 13.7 Å². The van der Waals surface area contributed by atoms with Gasteiger partial charge in [-0.2, -0.15) is 0 Å². The molecule has 1 atom stereocenters. The van der Waals surface area contributed by atoms with Crippen LogP contribution in [0, 0.1) is 11.8 Å². The lowest BCUT2D eigenvalue weighted by Gasteiger charge is -2.14. The van der Waals surface area contributed by atoms with E-state index in [4.69, 9.17) is 15.2 Å². The average Bonchev–Trinajstić information content (AvgIpc) is 2.43. The Balaban J connectivity index is 2.78. The van der Waals surface area contributed by atoms with Crippen LogP contribution in [0.3, 0.4) is 0 Å². The summed E-state index contributed by atoms with van der Waals surface area (Å²) in [6.45, 7) is 5.16. The van der Waals surface area contributed by atoms with Gasteiger partial charge in [-0.25, -0.2) is 0 Å². The van der Waals surface area contributed by atoms with Crippen LogP contribution in [-0.4, -0.2) is 19.8 Å². The zero-order valence-corrected chi connectivity index (χ0v) is 12.0. The van der Waals surface area contributed by atoms with Crippen LogP contribution in [0.2, 0.25) is 0 Å². The Morgan fingerprint density at radius 3 is 2.79 bits per heavy atom. The maximum atomic E-state index is 5.82. The van der Waals surface area contributed by atoms with Crippen LogP contribution in [0.25, 0.3) is 0 Å². The lowest BCUT2D eigenvalue weighted by Crippen LogP contribution is -2.08. The summed E-state index contributed by atoms with van der Waals surface area (Å²) in [5, 5.41) is 0. The monoisotopic (exact) mass is 261 g/mol. The zero-order valence-electron chi connectivity index (χ0n) is 12.0. The number of methoxy groups -OCH3 is 1. The van der Waals surface area contributed by atoms with Gasteiger partial charge in [-0.15, -0.1) is 0 Å². The number of ether oxygens (including phenoxy) is 2. The summed E-state index contributed by atoms with van der Waals surface area (Å²) in [5.41, 5.74) is 7.34. The van der Waals surface area contributed by atoms with Crippen molar-refractivity contribution in [2.45, 2.75) is 39.4 Å². The van der Waals surface area contributed by atoms with Crippen molar-refractivity contribution < 1.29 is 9.47 Å². The molecule has 0 aliphatic heterocycles. The zero-order chi connectivity index (χ0) is 14.1. The molecule has 0 amide bonds. The molecular formula is C16H23NO2. The first-order valence-corrected chi connectivity index (χ1v) is 6.68. The molecule has 0 saturated carbocycles. The second-order valence-corrected chi connectivity index (χ2v) is 4.44. The quantitative estimate of drug-likeness (QED) is 0.801. The number of benzene rings is 1. The van der Waals surface area contributed by atoms with Gasteiger partial charge >= 0.3 is 0 Å².